The van der Waals surface area contributed by atoms with Crippen molar-refractivity contribution in [2.24, 2.45) is 5.92 Å². The maximum Gasteiger partial charge on any atom is 0.407 e. The van der Waals surface area contributed by atoms with E-state index in [0.717, 1.165) is 52.9 Å². The second-order valence-electron chi connectivity index (χ2n) is 8.78. The highest BCUT2D eigenvalue weighted by Gasteiger charge is 2.35. The van der Waals surface area contributed by atoms with Crippen molar-refractivity contribution in [3.8, 4) is 11.1 Å². The molecule has 1 unspecified atom stereocenters. The van der Waals surface area contributed by atoms with Gasteiger partial charge in [0.25, 0.3) is 0 Å². The molecule has 1 fully saturated rings. The van der Waals surface area contributed by atoms with E-state index in [0.29, 0.717) is 5.01 Å². The zero-order chi connectivity index (χ0) is 24.4. The fraction of sp³-hybridized carbons (Fsp3) is 0.308. The van der Waals surface area contributed by atoms with Gasteiger partial charge in [-0.2, -0.15) is 0 Å². The van der Waals surface area contributed by atoms with Crippen LogP contribution in [0.25, 0.3) is 11.1 Å². The number of amides is 2. The number of rotatable bonds is 8. The van der Waals surface area contributed by atoms with Crippen molar-refractivity contribution in [2.75, 3.05) is 6.61 Å². The maximum absolute atomic E-state index is 12.9. The van der Waals surface area contributed by atoms with E-state index in [1.165, 1.54) is 6.20 Å². The Morgan fingerprint density at radius 3 is 2.29 bits per heavy atom. The van der Waals surface area contributed by atoms with Crippen LogP contribution in [0.4, 0.5) is 4.79 Å². The van der Waals surface area contributed by atoms with Gasteiger partial charge in [-0.25, -0.2) is 14.6 Å². The van der Waals surface area contributed by atoms with Gasteiger partial charge in [-0.05, 0) is 41.0 Å². The highest BCUT2D eigenvalue weighted by atomic mass is 32.1. The number of aromatic nitrogens is 1. The number of aromatic carboxylic acids is 1. The molecule has 35 heavy (non-hydrogen) atoms. The molecule has 2 amide bonds. The van der Waals surface area contributed by atoms with Crippen LogP contribution >= 0.6 is 11.3 Å². The van der Waals surface area contributed by atoms with Crippen molar-refractivity contribution in [1.29, 1.82) is 0 Å². The van der Waals surface area contributed by atoms with Crippen molar-refractivity contribution >= 4 is 29.3 Å². The van der Waals surface area contributed by atoms with Crippen LogP contribution in [0, 0.1) is 5.92 Å². The molecular weight excluding hydrogens is 466 g/mol. The molecule has 3 aromatic rings. The predicted molar refractivity (Wildman–Crippen MR) is 130 cm³/mol. The Hall–Kier alpha value is -3.72. The van der Waals surface area contributed by atoms with Gasteiger partial charge in [0, 0.05) is 5.92 Å². The molecule has 1 atom stereocenters. The minimum atomic E-state index is -1.05. The Morgan fingerprint density at radius 1 is 1.06 bits per heavy atom. The molecule has 180 valence electrons. The van der Waals surface area contributed by atoms with Crippen LogP contribution in [-0.2, 0) is 16.1 Å². The highest BCUT2D eigenvalue weighted by molar-refractivity contribution is 7.13. The van der Waals surface area contributed by atoms with Crippen molar-refractivity contribution in [3.05, 3.63) is 75.7 Å². The van der Waals surface area contributed by atoms with E-state index in [2.05, 4.69) is 39.9 Å². The normalized spacial score (nSPS) is 15.4. The summed E-state index contributed by atoms with van der Waals surface area (Å²) in [5.74, 6) is -1.39. The fourth-order valence-corrected chi connectivity index (χ4v) is 5.40. The third kappa shape index (κ3) is 4.77. The number of alkyl carbamates (subject to hydrolysis) is 1. The summed E-state index contributed by atoms with van der Waals surface area (Å²) in [6, 6.07) is 15.5. The molecule has 2 aliphatic rings. The molecule has 0 radical (unpaired) electrons. The van der Waals surface area contributed by atoms with Crippen molar-refractivity contribution in [2.45, 2.75) is 37.8 Å². The first-order valence-electron chi connectivity index (χ1n) is 11.6. The number of benzene rings is 2. The van der Waals surface area contributed by atoms with Gasteiger partial charge in [0.1, 0.15) is 22.5 Å². The van der Waals surface area contributed by atoms with Gasteiger partial charge >= 0.3 is 12.1 Å². The molecule has 0 saturated heterocycles. The summed E-state index contributed by atoms with van der Waals surface area (Å²) in [5.41, 5.74) is 4.55. The molecule has 1 aromatic heterocycles. The minimum absolute atomic E-state index is 0.0429. The summed E-state index contributed by atoms with van der Waals surface area (Å²) in [4.78, 5) is 40.8. The first kappa shape index (κ1) is 23.0. The maximum atomic E-state index is 12.9. The van der Waals surface area contributed by atoms with Crippen molar-refractivity contribution < 1.29 is 24.2 Å². The smallest absolute Gasteiger partial charge is 0.407 e. The largest absolute Gasteiger partial charge is 0.477 e. The standard InChI is InChI=1S/C26H25N3O5S/c30-24(28-13-22-27-12-21(35-22)25(31)32)23(15-6-5-7-15)29-26(33)34-14-20-18-10-3-1-8-16(18)17-9-2-4-11-19(17)20/h1-4,8-12,15,20,23H,5-7,13-14H2,(H,28,30)(H,29,33)(H,31,32). The van der Waals surface area contributed by atoms with Crippen LogP contribution in [0.1, 0.15) is 51.0 Å². The number of thiazole rings is 1. The molecule has 3 N–H and O–H groups in total. The molecule has 8 nitrogen and oxygen atoms in total. The molecule has 0 bridgehead atoms. The number of nitrogens with zero attached hydrogens (tertiary/aromatic N) is 1. The predicted octanol–water partition coefficient (Wildman–Crippen LogP) is 4.16. The van der Waals surface area contributed by atoms with E-state index in [1.54, 1.807) is 0 Å². The second-order valence-corrected chi connectivity index (χ2v) is 9.89. The van der Waals surface area contributed by atoms with Crippen LogP contribution in [0.5, 0.6) is 0 Å². The van der Waals surface area contributed by atoms with Crippen LogP contribution < -0.4 is 10.6 Å². The molecular formula is C26H25N3O5S. The number of carboxylic acids is 1. The number of nitrogens with one attached hydrogen (secondary N) is 2. The van der Waals surface area contributed by atoms with Gasteiger partial charge < -0.3 is 20.5 Å². The third-order valence-corrected chi connectivity index (χ3v) is 7.68. The number of ether oxygens (including phenoxy) is 1. The summed E-state index contributed by atoms with van der Waals surface area (Å²) in [6.45, 7) is 0.280. The Bertz CT molecular complexity index is 1220. The van der Waals surface area contributed by atoms with Crippen molar-refractivity contribution in [3.63, 3.8) is 0 Å². The average Bonchev–Trinajstić information content (AvgIpc) is 3.43. The number of carboxylic acid groups (broad SMARTS) is 1. The molecule has 0 aliphatic heterocycles. The molecule has 2 aromatic carbocycles. The quantitative estimate of drug-likeness (QED) is 0.435. The SMILES string of the molecule is O=C(NC(C(=O)NCc1ncc(C(=O)O)s1)C1CCC1)OCC1c2ccccc2-c2ccccc21. The van der Waals surface area contributed by atoms with Gasteiger partial charge in [-0.3, -0.25) is 4.79 Å². The zero-order valence-electron chi connectivity index (χ0n) is 18.9. The number of carbonyl (C=O) groups excluding carboxylic acids is 2. The Morgan fingerprint density at radius 2 is 1.71 bits per heavy atom. The van der Waals surface area contributed by atoms with Gasteiger partial charge in [0.15, 0.2) is 0 Å². The van der Waals surface area contributed by atoms with E-state index >= 15 is 0 Å². The average molecular weight is 492 g/mol. The Balaban J connectivity index is 1.21. The molecule has 9 heteroatoms. The first-order valence-corrected chi connectivity index (χ1v) is 12.4. The lowest BCUT2D eigenvalue weighted by Crippen LogP contribution is -2.52. The Labute approximate surface area is 206 Å². The first-order chi connectivity index (χ1) is 17.0. The van der Waals surface area contributed by atoms with E-state index in [-0.39, 0.29) is 35.8 Å². The summed E-state index contributed by atoms with van der Waals surface area (Å²) < 4.78 is 5.63. The number of carbonyl (C=O) groups is 3. The highest BCUT2D eigenvalue weighted by Crippen LogP contribution is 2.44. The molecule has 0 spiro atoms. The van der Waals surface area contributed by atoms with Crippen LogP contribution in [0.2, 0.25) is 0 Å². The number of hydrogen-bond donors (Lipinski definition) is 3. The van der Waals surface area contributed by atoms with Crippen LogP contribution in [-0.4, -0.2) is 40.7 Å². The molecule has 2 aliphatic carbocycles. The topological polar surface area (TPSA) is 118 Å². The summed E-state index contributed by atoms with van der Waals surface area (Å²) in [7, 11) is 0. The van der Waals surface area contributed by atoms with Gasteiger partial charge in [0.05, 0.1) is 12.7 Å². The number of fused-ring (bicyclic) bond motifs is 3. The van der Waals surface area contributed by atoms with E-state index in [9.17, 15) is 14.4 Å². The van der Waals surface area contributed by atoms with Crippen LogP contribution in [0.3, 0.4) is 0 Å². The summed E-state index contributed by atoms with van der Waals surface area (Å²) in [5, 5.41) is 15.1. The van der Waals surface area contributed by atoms with Gasteiger partial charge in [0.2, 0.25) is 5.91 Å². The molecule has 1 heterocycles. The van der Waals surface area contributed by atoms with Crippen LogP contribution in [0.15, 0.2) is 54.7 Å². The minimum Gasteiger partial charge on any atom is -0.477 e. The fourth-order valence-electron chi connectivity index (χ4n) is 4.70. The summed E-state index contributed by atoms with van der Waals surface area (Å²) in [6.07, 6.45) is 3.35. The monoisotopic (exact) mass is 491 g/mol. The third-order valence-electron chi connectivity index (χ3n) is 6.70. The molecule has 1 saturated carbocycles. The lowest BCUT2D eigenvalue weighted by atomic mass is 9.79. The van der Waals surface area contributed by atoms with Gasteiger partial charge in [-0.1, -0.05) is 55.0 Å². The van der Waals surface area contributed by atoms with E-state index < -0.39 is 18.1 Å². The lowest BCUT2D eigenvalue weighted by molar-refractivity contribution is -0.125. The van der Waals surface area contributed by atoms with E-state index in [1.807, 2.05) is 24.3 Å². The Kier molecular flexibility index (Phi) is 6.50. The second kappa shape index (κ2) is 9.87. The van der Waals surface area contributed by atoms with Crippen molar-refractivity contribution in [1.82, 2.24) is 15.6 Å². The zero-order valence-corrected chi connectivity index (χ0v) is 19.7. The summed E-state index contributed by atoms with van der Waals surface area (Å²) >= 11 is 1.01. The van der Waals surface area contributed by atoms with Gasteiger partial charge in [-0.15, -0.1) is 11.3 Å². The lowest BCUT2D eigenvalue weighted by Gasteiger charge is -2.33. The van der Waals surface area contributed by atoms with E-state index in [4.69, 9.17) is 9.84 Å². The molecule has 5 rings (SSSR count). The number of hydrogen-bond acceptors (Lipinski definition) is 6.